The summed E-state index contributed by atoms with van der Waals surface area (Å²) in [6.45, 7) is 7.93. The highest BCUT2D eigenvalue weighted by molar-refractivity contribution is 7.16. The molecular weight excluding hydrogens is 250 g/mol. The number of aryl methyl sites for hydroxylation is 1. The fraction of sp³-hybridized carbons (Fsp3) is 0.538. The molecule has 1 N–H and O–H groups in total. The summed E-state index contributed by atoms with van der Waals surface area (Å²) in [5.41, 5.74) is 0.441. The Kier molecular flexibility index (Phi) is 5.34. The van der Waals surface area contributed by atoms with Crippen LogP contribution >= 0.6 is 11.3 Å². The molecule has 0 saturated heterocycles. The summed E-state index contributed by atoms with van der Waals surface area (Å²) < 4.78 is 4.96. The maximum absolute atomic E-state index is 11.7. The summed E-state index contributed by atoms with van der Waals surface area (Å²) in [6, 6.07) is 1.74. The molecule has 0 bridgehead atoms. The van der Waals surface area contributed by atoms with Crippen molar-refractivity contribution in [3.05, 3.63) is 16.5 Å². The Morgan fingerprint density at radius 3 is 2.67 bits per heavy atom. The predicted octanol–water partition coefficient (Wildman–Crippen LogP) is 3.22. The van der Waals surface area contributed by atoms with E-state index in [-0.39, 0.29) is 17.8 Å². The van der Waals surface area contributed by atoms with Gasteiger partial charge >= 0.3 is 5.97 Å². The molecule has 1 heterocycles. The molecule has 1 amide bonds. The minimum atomic E-state index is -0.387. The molecular formula is C13H19NO3S. The van der Waals surface area contributed by atoms with E-state index in [2.05, 4.69) is 5.32 Å². The topological polar surface area (TPSA) is 55.4 Å². The molecule has 100 valence electrons. The van der Waals surface area contributed by atoms with E-state index in [1.807, 2.05) is 20.8 Å². The number of carbonyl (C=O) groups is 2. The number of ether oxygens (including phenoxy) is 1. The quantitative estimate of drug-likeness (QED) is 0.835. The van der Waals surface area contributed by atoms with Gasteiger partial charge < -0.3 is 10.1 Å². The van der Waals surface area contributed by atoms with Crippen molar-refractivity contribution in [2.75, 3.05) is 11.9 Å². The van der Waals surface area contributed by atoms with E-state index in [0.717, 1.165) is 4.88 Å². The fourth-order valence-electron chi connectivity index (χ4n) is 1.52. The largest absolute Gasteiger partial charge is 0.462 e. The van der Waals surface area contributed by atoms with Crippen molar-refractivity contribution in [2.24, 2.45) is 5.92 Å². The molecule has 1 rings (SSSR count). The van der Waals surface area contributed by atoms with Gasteiger partial charge in [-0.15, -0.1) is 11.3 Å². The summed E-state index contributed by atoms with van der Waals surface area (Å²) in [6.07, 6.45) is 0.444. The van der Waals surface area contributed by atoms with Crippen LogP contribution in [-0.4, -0.2) is 18.5 Å². The van der Waals surface area contributed by atoms with Crippen molar-refractivity contribution in [3.63, 3.8) is 0 Å². The van der Waals surface area contributed by atoms with E-state index in [1.54, 1.807) is 13.0 Å². The van der Waals surface area contributed by atoms with E-state index in [0.29, 0.717) is 23.6 Å². The number of hydrogen-bond acceptors (Lipinski definition) is 4. The van der Waals surface area contributed by atoms with Crippen LogP contribution in [0, 0.1) is 12.8 Å². The van der Waals surface area contributed by atoms with E-state index in [1.165, 1.54) is 11.3 Å². The summed E-state index contributed by atoms with van der Waals surface area (Å²) in [5, 5.41) is 3.36. The van der Waals surface area contributed by atoms with Crippen molar-refractivity contribution >= 4 is 28.2 Å². The van der Waals surface area contributed by atoms with Gasteiger partial charge in [0, 0.05) is 11.3 Å². The Hall–Kier alpha value is -1.36. The van der Waals surface area contributed by atoms with Crippen LogP contribution in [0.25, 0.3) is 0 Å². The van der Waals surface area contributed by atoms with Crippen molar-refractivity contribution in [3.8, 4) is 0 Å². The number of nitrogens with one attached hydrogen (secondary N) is 1. The molecule has 4 nitrogen and oxygen atoms in total. The van der Waals surface area contributed by atoms with Gasteiger partial charge in [-0.25, -0.2) is 4.79 Å². The van der Waals surface area contributed by atoms with E-state index in [4.69, 9.17) is 4.74 Å². The number of esters is 1. The predicted molar refractivity (Wildman–Crippen MR) is 73.1 cm³/mol. The van der Waals surface area contributed by atoms with Crippen LogP contribution in [0.5, 0.6) is 0 Å². The lowest BCUT2D eigenvalue weighted by molar-refractivity contribution is -0.116. The first-order chi connectivity index (χ1) is 8.43. The van der Waals surface area contributed by atoms with Gasteiger partial charge in [0.15, 0.2) is 0 Å². The second kappa shape index (κ2) is 6.54. The lowest BCUT2D eigenvalue weighted by Crippen LogP contribution is -2.15. The zero-order chi connectivity index (χ0) is 13.7. The summed E-state index contributed by atoms with van der Waals surface area (Å²) in [4.78, 5) is 24.4. The Balaban J connectivity index is 2.82. The van der Waals surface area contributed by atoms with Gasteiger partial charge in [0.2, 0.25) is 5.91 Å². The van der Waals surface area contributed by atoms with Crippen LogP contribution in [0.4, 0.5) is 5.00 Å². The lowest BCUT2D eigenvalue weighted by atomic mass is 10.1. The normalized spacial score (nSPS) is 10.5. The van der Waals surface area contributed by atoms with Crippen molar-refractivity contribution in [1.29, 1.82) is 0 Å². The van der Waals surface area contributed by atoms with Crippen LogP contribution in [0.2, 0.25) is 0 Å². The number of rotatable bonds is 5. The molecule has 18 heavy (non-hydrogen) atoms. The molecule has 0 unspecified atom stereocenters. The Morgan fingerprint density at radius 2 is 2.11 bits per heavy atom. The molecule has 0 aliphatic heterocycles. The first kappa shape index (κ1) is 14.7. The molecule has 0 aliphatic rings. The van der Waals surface area contributed by atoms with E-state index >= 15 is 0 Å². The fourth-order valence-corrected chi connectivity index (χ4v) is 2.43. The number of thiophene rings is 1. The van der Waals surface area contributed by atoms with Gasteiger partial charge in [-0.1, -0.05) is 13.8 Å². The van der Waals surface area contributed by atoms with Crippen LogP contribution in [-0.2, 0) is 9.53 Å². The average Bonchev–Trinajstić information content (AvgIpc) is 2.58. The first-order valence-electron chi connectivity index (χ1n) is 6.01. The van der Waals surface area contributed by atoms with Crippen molar-refractivity contribution < 1.29 is 14.3 Å². The Bertz CT molecular complexity index is 437. The molecule has 0 fully saturated rings. The molecule has 0 atom stereocenters. The monoisotopic (exact) mass is 269 g/mol. The highest BCUT2D eigenvalue weighted by Gasteiger charge is 2.18. The average molecular weight is 269 g/mol. The van der Waals surface area contributed by atoms with Crippen molar-refractivity contribution in [2.45, 2.75) is 34.1 Å². The number of hydrogen-bond donors (Lipinski definition) is 1. The Labute approximate surface area is 111 Å². The summed E-state index contributed by atoms with van der Waals surface area (Å²) in [5.74, 6) is -0.170. The minimum absolute atomic E-state index is 0.0719. The maximum atomic E-state index is 11.7. The third-order valence-corrected chi connectivity index (χ3v) is 3.16. The maximum Gasteiger partial charge on any atom is 0.341 e. The number of amides is 1. The molecule has 0 aliphatic carbocycles. The standard InChI is InChI=1S/C13H19NO3S/c1-5-17-13(16)10-7-9(4)18-12(10)14-11(15)6-8(2)3/h7-8H,5-6H2,1-4H3,(H,14,15). The third kappa shape index (κ3) is 4.14. The van der Waals surface area contributed by atoms with Gasteiger partial charge in [0.05, 0.1) is 12.2 Å². The second-order valence-corrected chi connectivity index (χ2v) is 5.72. The highest BCUT2D eigenvalue weighted by atomic mass is 32.1. The molecule has 0 saturated carbocycles. The van der Waals surface area contributed by atoms with Crippen LogP contribution in [0.3, 0.4) is 0 Å². The van der Waals surface area contributed by atoms with Gasteiger partial charge in [-0.3, -0.25) is 4.79 Å². The molecule has 0 radical (unpaired) electrons. The number of carbonyl (C=O) groups excluding carboxylic acids is 2. The number of anilines is 1. The van der Waals surface area contributed by atoms with Gasteiger partial charge in [0.25, 0.3) is 0 Å². The van der Waals surface area contributed by atoms with Crippen LogP contribution in [0.15, 0.2) is 6.07 Å². The zero-order valence-electron chi connectivity index (χ0n) is 11.2. The van der Waals surface area contributed by atoms with Crippen LogP contribution in [0.1, 0.15) is 42.4 Å². The van der Waals surface area contributed by atoms with Gasteiger partial charge in [-0.2, -0.15) is 0 Å². The van der Waals surface area contributed by atoms with E-state index < -0.39 is 0 Å². The van der Waals surface area contributed by atoms with Crippen LogP contribution < -0.4 is 5.32 Å². The lowest BCUT2D eigenvalue weighted by Gasteiger charge is -2.07. The van der Waals surface area contributed by atoms with Gasteiger partial charge in [-0.05, 0) is 25.8 Å². The Morgan fingerprint density at radius 1 is 1.44 bits per heavy atom. The molecule has 1 aromatic rings. The smallest absolute Gasteiger partial charge is 0.341 e. The SMILES string of the molecule is CCOC(=O)c1cc(C)sc1NC(=O)CC(C)C. The summed E-state index contributed by atoms with van der Waals surface area (Å²) in [7, 11) is 0. The molecule has 5 heteroatoms. The third-order valence-electron chi connectivity index (χ3n) is 2.20. The van der Waals surface area contributed by atoms with Gasteiger partial charge in [0.1, 0.15) is 5.00 Å². The van der Waals surface area contributed by atoms with E-state index in [9.17, 15) is 9.59 Å². The molecule has 0 aromatic carbocycles. The highest BCUT2D eigenvalue weighted by Crippen LogP contribution is 2.28. The minimum Gasteiger partial charge on any atom is -0.462 e. The molecule has 0 spiro atoms. The second-order valence-electron chi connectivity index (χ2n) is 4.47. The first-order valence-corrected chi connectivity index (χ1v) is 6.83. The molecule has 1 aromatic heterocycles. The zero-order valence-corrected chi connectivity index (χ0v) is 12.0. The van der Waals surface area contributed by atoms with Crippen molar-refractivity contribution in [1.82, 2.24) is 0 Å². The summed E-state index contributed by atoms with van der Waals surface area (Å²) >= 11 is 1.39.